The van der Waals surface area contributed by atoms with Gasteiger partial charge in [0, 0.05) is 0 Å². The zero-order valence-corrected chi connectivity index (χ0v) is 7.48. The molecular weight excluding hydrogens is 176 g/mol. The summed E-state index contributed by atoms with van der Waals surface area (Å²) in [5.74, 6) is 1.44. The lowest BCUT2D eigenvalue weighted by Crippen LogP contribution is -1.88. The zero-order valence-electron chi connectivity index (χ0n) is 6.72. The smallest absolute Gasteiger partial charge is 0.182 e. The van der Waals surface area contributed by atoms with Gasteiger partial charge in [-0.3, -0.25) is 0 Å². The van der Waals surface area contributed by atoms with Gasteiger partial charge in [-0.05, 0) is 13.8 Å². The second-order valence-corrected chi connectivity index (χ2v) is 2.94. The lowest BCUT2D eigenvalue weighted by molar-refractivity contribution is 1.08. The van der Waals surface area contributed by atoms with E-state index in [-0.39, 0.29) is 0 Å². The highest BCUT2D eigenvalue weighted by Gasteiger charge is 2.06. The van der Waals surface area contributed by atoms with Crippen molar-refractivity contribution in [2.45, 2.75) is 13.8 Å². The van der Waals surface area contributed by atoms with Gasteiger partial charge in [0.1, 0.15) is 17.2 Å². The minimum Gasteiger partial charge on any atom is -0.338 e. The highest BCUT2D eigenvalue weighted by atomic mass is 35.5. The molecule has 0 saturated carbocycles. The summed E-state index contributed by atoms with van der Waals surface area (Å²) in [6, 6.07) is 0. The van der Waals surface area contributed by atoms with Crippen LogP contribution in [0.25, 0.3) is 11.2 Å². The van der Waals surface area contributed by atoms with Crippen molar-refractivity contribution in [2.75, 3.05) is 0 Å². The summed E-state index contributed by atoms with van der Waals surface area (Å²) in [5.41, 5.74) is 1.34. The molecule has 2 heterocycles. The number of aromatic nitrogens is 4. The van der Waals surface area contributed by atoms with Crippen molar-refractivity contribution in [1.82, 2.24) is 19.9 Å². The zero-order chi connectivity index (χ0) is 8.72. The number of nitrogens with zero attached hydrogens (tertiary/aromatic N) is 3. The molecule has 0 saturated heterocycles. The van der Waals surface area contributed by atoms with E-state index in [4.69, 9.17) is 11.6 Å². The largest absolute Gasteiger partial charge is 0.338 e. The predicted molar refractivity (Wildman–Crippen MR) is 46.2 cm³/mol. The Hall–Kier alpha value is -1.16. The van der Waals surface area contributed by atoms with Crippen LogP contribution in [0.2, 0.25) is 5.15 Å². The quantitative estimate of drug-likeness (QED) is 0.630. The molecule has 62 valence electrons. The number of aryl methyl sites for hydroxylation is 2. The molecule has 0 aliphatic carbocycles. The van der Waals surface area contributed by atoms with Crippen molar-refractivity contribution in [1.29, 1.82) is 0 Å². The summed E-state index contributed by atoms with van der Waals surface area (Å²) in [4.78, 5) is 15.2. The maximum Gasteiger partial charge on any atom is 0.182 e. The summed E-state index contributed by atoms with van der Waals surface area (Å²) in [7, 11) is 0. The second kappa shape index (κ2) is 2.42. The lowest BCUT2D eigenvalue weighted by Gasteiger charge is -1.92. The van der Waals surface area contributed by atoms with Gasteiger partial charge in [-0.2, -0.15) is 0 Å². The molecule has 0 aromatic carbocycles. The van der Waals surface area contributed by atoms with Crippen LogP contribution in [0.1, 0.15) is 11.6 Å². The van der Waals surface area contributed by atoms with Crippen LogP contribution in [0.15, 0.2) is 0 Å². The summed E-state index contributed by atoms with van der Waals surface area (Å²) in [6.07, 6.45) is 0. The Labute approximate surface area is 74.0 Å². The SMILES string of the molecule is Cc1nc(Cl)c2[nH]c(C)nc2n1. The number of imidazole rings is 1. The number of aromatic amines is 1. The molecule has 1 N–H and O–H groups in total. The number of hydrogen-bond donors (Lipinski definition) is 1. The number of halogens is 1. The number of nitrogens with one attached hydrogen (secondary N) is 1. The van der Waals surface area contributed by atoms with Crippen LogP contribution in [0, 0.1) is 13.8 Å². The number of fused-ring (bicyclic) bond motifs is 1. The Morgan fingerprint density at radius 1 is 1.17 bits per heavy atom. The van der Waals surface area contributed by atoms with Crippen molar-refractivity contribution >= 4 is 22.8 Å². The number of hydrogen-bond acceptors (Lipinski definition) is 3. The molecule has 4 nitrogen and oxygen atoms in total. The molecule has 2 rings (SSSR count). The summed E-state index contributed by atoms with van der Waals surface area (Å²) >= 11 is 5.85. The molecule has 0 atom stereocenters. The fraction of sp³-hybridized carbons (Fsp3) is 0.286. The minimum absolute atomic E-state index is 0.429. The highest BCUT2D eigenvalue weighted by molar-refractivity contribution is 6.33. The van der Waals surface area contributed by atoms with Gasteiger partial charge in [0.05, 0.1) is 0 Å². The lowest BCUT2D eigenvalue weighted by atomic mass is 10.5. The standard InChI is InChI=1S/C7H7ClN4/c1-3-9-5-6(8)10-4(2)12-7(5)11-3/h1-2H3,(H,9,10,11,12). The third-order valence-corrected chi connectivity index (χ3v) is 1.81. The van der Waals surface area contributed by atoms with E-state index in [1.165, 1.54) is 0 Å². The first-order chi connectivity index (χ1) is 5.66. The average molecular weight is 183 g/mol. The van der Waals surface area contributed by atoms with Gasteiger partial charge in [-0.1, -0.05) is 11.6 Å². The fourth-order valence-electron chi connectivity index (χ4n) is 1.08. The van der Waals surface area contributed by atoms with E-state index < -0.39 is 0 Å². The van der Waals surface area contributed by atoms with Gasteiger partial charge in [0.15, 0.2) is 10.8 Å². The molecule has 0 amide bonds. The third-order valence-electron chi connectivity index (χ3n) is 1.54. The van der Waals surface area contributed by atoms with Crippen LogP contribution in [0.4, 0.5) is 0 Å². The molecule has 0 radical (unpaired) electrons. The molecule has 0 unspecified atom stereocenters. The van der Waals surface area contributed by atoms with Crippen molar-refractivity contribution < 1.29 is 0 Å². The summed E-state index contributed by atoms with van der Waals surface area (Å²) < 4.78 is 0. The Balaban J connectivity index is 2.88. The Kier molecular flexibility index (Phi) is 1.51. The Morgan fingerprint density at radius 3 is 2.67 bits per heavy atom. The van der Waals surface area contributed by atoms with E-state index in [2.05, 4.69) is 19.9 Å². The molecule has 12 heavy (non-hydrogen) atoms. The molecule has 0 spiro atoms. The Bertz CT molecular complexity index is 434. The summed E-state index contributed by atoms with van der Waals surface area (Å²) in [6.45, 7) is 3.64. The average Bonchev–Trinajstić information content (AvgIpc) is 2.29. The molecule has 5 heteroatoms. The van der Waals surface area contributed by atoms with Gasteiger partial charge in [-0.25, -0.2) is 15.0 Å². The molecule has 0 aliphatic rings. The maximum atomic E-state index is 5.85. The molecule has 0 fully saturated rings. The summed E-state index contributed by atoms with van der Waals surface area (Å²) in [5, 5.41) is 0.429. The molecule has 2 aromatic heterocycles. The van der Waals surface area contributed by atoms with Gasteiger partial charge in [0.2, 0.25) is 0 Å². The first-order valence-corrected chi connectivity index (χ1v) is 3.91. The van der Waals surface area contributed by atoms with E-state index in [9.17, 15) is 0 Å². The van der Waals surface area contributed by atoms with Crippen LogP contribution in [-0.4, -0.2) is 19.9 Å². The molecule has 2 aromatic rings. The fourth-order valence-corrected chi connectivity index (χ4v) is 1.33. The van der Waals surface area contributed by atoms with Crippen LogP contribution in [0.3, 0.4) is 0 Å². The van der Waals surface area contributed by atoms with Gasteiger partial charge >= 0.3 is 0 Å². The van der Waals surface area contributed by atoms with Crippen molar-refractivity contribution in [3.63, 3.8) is 0 Å². The van der Waals surface area contributed by atoms with E-state index in [0.29, 0.717) is 22.1 Å². The normalized spacial score (nSPS) is 10.9. The Morgan fingerprint density at radius 2 is 1.92 bits per heavy atom. The molecule has 0 aliphatic heterocycles. The van der Waals surface area contributed by atoms with Crippen LogP contribution in [-0.2, 0) is 0 Å². The third kappa shape index (κ3) is 1.04. The van der Waals surface area contributed by atoms with Gasteiger partial charge in [0.25, 0.3) is 0 Å². The van der Waals surface area contributed by atoms with Crippen molar-refractivity contribution in [3.05, 3.63) is 16.8 Å². The minimum atomic E-state index is 0.429. The van der Waals surface area contributed by atoms with Crippen LogP contribution >= 0.6 is 11.6 Å². The van der Waals surface area contributed by atoms with Crippen molar-refractivity contribution in [2.24, 2.45) is 0 Å². The van der Waals surface area contributed by atoms with E-state index in [0.717, 1.165) is 5.82 Å². The predicted octanol–water partition coefficient (Wildman–Crippen LogP) is 1.62. The first-order valence-electron chi connectivity index (χ1n) is 3.53. The molecular formula is C7H7ClN4. The van der Waals surface area contributed by atoms with E-state index in [1.807, 2.05) is 6.92 Å². The van der Waals surface area contributed by atoms with Crippen LogP contribution < -0.4 is 0 Å². The monoisotopic (exact) mass is 182 g/mol. The highest BCUT2D eigenvalue weighted by Crippen LogP contribution is 2.16. The van der Waals surface area contributed by atoms with Gasteiger partial charge < -0.3 is 4.98 Å². The number of H-pyrrole nitrogens is 1. The molecule has 0 bridgehead atoms. The first kappa shape index (κ1) is 7.49. The van der Waals surface area contributed by atoms with Crippen molar-refractivity contribution in [3.8, 4) is 0 Å². The maximum absolute atomic E-state index is 5.85. The number of rotatable bonds is 0. The van der Waals surface area contributed by atoms with Gasteiger partial charge in [-0.15, -0.1) is 0 Å². The second-order valence-electron chi connectivity index (χ2n) is 2.58. The van der Waals surface area contributed by atoms with E-state index in [1.54, 1.807) is 6.92 Å². The topological polar surface area (TPSA) is 54.5 Å². The van der Waals surface area contributed by atoms with E-state index >= 15 is 0 Å². The van der Waals surface area contributed by atoms with Crippen LogP contribution in [0.5, 0.6) is 0 Å².